The average Bonchev–Trinajstić information content (AvgIpc) is 3.10. The van der Waals surface area contributed by atoms with Crippen molar-refractivity contribution in [3.8, 4) is 0 Å². The Kier molecular flexibility index (Phi) is 5.53. The van der Waals surface area contributed by atoms with Gasteiger partial charge in [-0.1, -0.05) is 23.5 Å². The number of aromatic nitrogens is 1. The number of ketones is 1. The number of hydrogen-bond donors (Lipinski definition) is 2. The number of thiazole rings is 1. The first-order valence-corrected chi connectivity index (χ1v) is 10.1. The van der Waals surface area contributed by atoms with Crippen LogP contribution in [0, 0.1) is 21.7 Å². The molecule has 3 N–H and O–H groups in total. The van der Waals surface area contributed by atoms with Crippen LogP contribution in [0.25, 0.3) is 0 Å². The number of non-ortho nitro benzene ring substituents is 1. The number of nitro groups is 1. The minimum Gasteiger partial charge on any atom is -0.382 e. The number of hydrogen-bond acceptors (Lipinski definition) is 8. The zero-order valence-corrected chi connectivity index (χ0v) is 17.1. The van der Waals surface area contributed by atoms with Gasteiger partial charge in [-0.05, 0) is 18.2 Å². The van der Waals surface area contributed by atoms with Crippen molar-refractivity contribution < 1.29 is 23.3 Å². The number of nitrogens with zero attached hydrogens (tertiary/aromatic N) is 3. The molecule has 4 rings (SSSR count). The van der Waals surface area contributed by atoms with Crippen LogP contribution in [-0.4, -0.2) is 45.6 Å². The molecular weight excluding hydrogens is 444 g/mol. The molecule has 0 spiro atoms. The van der Waals surface area contributed by atoms with Gasteiger partial charge >= 0.3 is 0 Å². The van der Waals surface area contributed by atoms with Crippen LogP contribution in [0.4, 0.5) is 25.4 Å². The van der Waals surface area contributed by atoms with Crippen LogP contribution in [-0.2, 0) is 0 Å². The van der Waals surface area contributed by atoms with Crippen molar-refractivity contribution in [3.63, 3.8) is 0 Å². The number of halogens is 2. The summed E-state index contributed by atoms with van der Waals surface area (Å²) in [5.74, 6) is -3.40. The normalized spacial score (nSPS) is 13.5. The molecule has 0 radical (unpaired) electrons. The van der Waals surface area contributed by atoms with Crippen LogP contribution in [0.5, 0.6) is 0 Å². The highest BCUT2D eigenvalue weighted by molar-refractivity contribution is 7.18. The number of nitrogens with one attached hydrogen (secondary N) is 1. The second kappa shape index (κ2) is 8.30. The van der Waals surface area contributed by atoms with E-state index in [1.807, 2.05) is 0 Å². The molecule has 1 aromatic heterocycles. The molecular formula is C20H15F2N5O4S. The Balaban J connectivity index is 1.41. The first kappa shape index (κ1) is 21.3. The van der Waals surface area contributed by atoms with Gasteiger partial charge in [0.25, 0.3) is 11.6 Å². The van der Waals surface area contributed by atoms with Gasteiger partial charge < -0.3 is 16.0 Å². The first-order chi connectivity index (χ1) is 15.2. The minimum absolute atomic E-state index is 0.0969. The third kappa shape index (κ3) is 3.99. The Hall–Kier alpha value is -3.93. The Morgan fingerprint density at radius 1 is 1.19 bits per heavy atom. The van der Waals surface area contributed by atoms with E-state index >= 15 is 0 Å². The average molecular weight is 459 g/mol. The van der Waals surface area contributed by atoms with E-state index in [1.165, 1.54) is 29.2 Å². The van der Waals surface area contributed by atoms with Crippen LogP contribution < -0.4 is 11.1 Å². The standard InChI is InChI=1S/C20H15F2N5O4S/c21-13-5-2-6-14(22)15(13)16(28)17-18(23)25-20(32-17)24-11-8-26(9-11)19(29)10-3-1-4-12(7-10)27(30)31/h1-7,11H,8-9,23H2,(H,24,25). The number of rotatable bonds is 6. The molecule has 2 heterocycles. The van der Waals surface area contributed by atoms with Crippen LogP contribution in [0.1, 0.15) is 25.6 Å². The molecule has 0 atom stereocenters. The van der Waals surface area contributed by atoms with Crippen molar-refractivity contribution in [2.45, 2.75) is 6.04 Å². The number of benzene rings is 2. The first-order valence-electron chi connectivity index (χ1n) is 9.30. The highest BCUT2D eigenvalue weighted by atomic mass is 32.1. The minimum atomic E-state index is -0.994. The molecule has 2 aromatic carbocycles. The second-order valence-corrected chi connectivity index (χ2v) is 8.02. The van der Waals surface area contributed by atoms with Crippen molar-refractivity contribution in [1.82, 2.24) is 9.88 Å². The summed E-state index contributed by atoms with van der Waals surface area (Å²) in [7, 11) is 0. The molecule has 1 aliphatic rings. The summed E-state index contributed by atoms with van der Waals surface area (Å²) in [6.07, 6.45) is 0. The number of amides is 1. The molecule has 0 unspecified atom stereocenters. The van der Waals surface area contributed by atoms with E-state index < -0.39 is 27.9 Å². The molecule has 164 valence electrons. The van der Waals surface area contributed by atoms with Crippen molar-refractivity contribution in [3.05, 3.63) is 80.2 Å². The SMILES string of the molecule is Nc1nc(NC2CN(C(=O)c3cccc([N+](=O)[O-])c3)C2)sc1C(=O)c1c(F)cccc1F. The number of likely N-dealkylation sites (tertiary alicyclic amines) is 1. The quantitative estimate of drug-likeness (QED) is 0.329. The number of nitrogens with two attached hydrogens (primary N) is 1. The number of nitro benzene ring substituents is 1. The topological polar surface area (TPSA) is 131 Å². The van der Waals surface area contributed by atoms with E-state index in [1.54, 1.807) is 0 Å². The molecule has 1 aliphatic heterocycles. The van der Waals surface area contributed by atoms with Gasteiger partial charge in [-0.15, -0.1) is 0 Å². The van der Waals surface area contributed by atoms with E-state index in [0.29, 0.717) is 13.1 Å². The summed E-state index contributed by atoms with van der Waals surface area (Å²) in [6, 6.07) is 8.37. The summed E-state index contributed by atoms with van der Waals surface area (Å²) in [5.41, 5.74) is 5.11. The molecule has 0 aliphatic carbocycles. The lowest BCUT2D eigenvalue weighted by atomic mass is 10.1. The van der Waals surface area contributed by atoms with Crippen molar-refractivity contribution in [1.29, 1.82) is 0 Å². The number of carbonyl (C=O) groups excluding carboxylic acids is 2. The summed E-state index contributed by atoms with van der Waals surface area (Å²) in [4.78, 5) is 40.8. The third-order valence-electron chi connectivity index (χ3n) is 4.85. The van der Waals surface area contributed by atoms with Crippen molar-refractivity contribution in [2.24, 2.45) is 0 Å². The fourth-order valence-corrected chi connectivity index (χ4v) is 4.14. The predicted octanol–water partition coefficient (Wildman–Crippen LogP) is 3.08. The molecule has 0 saturated carbocycles. The molecule has 12 heteroatoms. The van der Waals surface area contributed by atoms with Gasteiger partial charge in [-0.3, -0.25) is 19.7 Å². The second-order valence-electron chi connectivity index (χ2n) is 7.02. The van der Waals surface area contributed by atoms with Gasteiger partial charge in [0.2, 0.25) is 5.78 Å². The Morgan fingerprint density at radius 2 is 1.84 bits per heavy atom. The molecule has 1 fully saturated rings. The molecule has 9 nitrogen and oxygen atoms in total. The molecule has 32 heavy (non-hydrogen) atoms. The molecule has 1 amide bonds. The lowest BCUT2D eigenvalue weighted by Gasteiger charge is -2.39. The smallest absolute Gasteiger partial charge is 0.270 e. The van der Waals surface area contributed by atoms with E-state index in [4.69, 9.17) is 5.73 Å². The molecule has 1 saturated heterocycles. The maximum Gasteiger partial charge on any atom is 0.270 e. The number of carbonyl (C=O) groups is 2. The Labute approximate surface area is 183 Å². The Bertz CT molecular complexity index is 1220. The van der Waals surface area contributed by atoms with E-state index in [0.717, 1.165) is 29.5 Å². The zero-order chi connectivity index (χ0) is 23.0. The highest BCUT2D eigenvalue weighted by Crippen LogP contribution is 2.30. The van der Waals surface area contributed by atoms with E-state index in [-0.39, 0.29) is 39.0 Å². The summed E-state index contributed by atoms with van der Waals surface area (Å²) < 4.78 is 27.8. The van der Waals surface area contributed by atoms with Gasteiger partial charge in [0.1, 0.15) is 22.3 Å². The summed E-state index contributed by atoms with van der Waals surface area (Å²) >= 11 is 0.860. The van der Waals surface area contributed by atoms with Crippen LogP contribution >= 0.6 is 11.3 Å². The molecule has 0 bridgehead atoms. The van der Waals surface area contributed by atoms with Crippen LogP contribution in [0.3, 0.4) is 0 Å². The number of nitrogen functional groups attached to an aromatic ring is 1. The maximum absolute atomic E-state index is 13.9. The van der Waals surface area contributed by atoms with E-state index in [9.17, 15) is 28.5 Å². The van der Waals surface area contributed by atoms with Crippen LogP contribution in [0.15, 0.2) is 42.5 Å². The Morgan fingerprint density at radius 3 is 2.50 bits per heavy atom. The van der Waals surface area contributed by atoms with Gasteiger partial charge in [-0.2, -0.15) is 0 Å². The fraction of sp³-hybridized carbons (Fsp3) is 0.150. The van der Waals surface area contributed by atoms with Gasteiger partial charge in [0.05, 0.1) is 16.5 Å². The van der Waals surface area contributed by atoms with Crippen molar-refractivity contribution >= 4 is 39.7 Å². The van der Waals surface area contributed by atoms with Crippen LogP contribution in [0.2, 0.25) is 0 Å². The lowest BCUT2D eigenvalue weighted by molar-refractivity contribution is -0.384. The number of anilines is 2. The monoisotopic (exact) mass is 459 g/mol. The largest absolute Gasteiger partial charge is 0.382 e. The van der Waals surface area contributed by atoms with Gasteiger partial charge in [-0.25, -0.2) is 13.8 Å². The highest BCUT2D eigenvalue weighted by Gasteiger charge is 2.33. The van der Waals surface area contributed by atoms with Gasteiger partial charge in [0.15, 0.2) is 5.13 Å². The summed E-state index contributed by atoms with van der Waals surface area (Å²) in [6.45, 7) is 0.596. The third-order valence-corrected chi connectivity index (χ3v) is 5.85. The van der Waals surface area contributed by atoms with Gasteiger partial charge in [0, 0.05) is 30.8 Å². The fourth-order valence-electron chi connectivity index (χ4n) is 3.23. The van der Waals surface area contributed by atoms with Crippen molar-refractivity contribution in [2.75, 3.05) is 24.1 Å². The maximum atomic E-state index is 13.9. The zero-order valence-electron chi connectivity index (χ0n) is 16.2. The molecule has 3 aromatic rings. The lowest BCUT2D eigenvalue weighted by Crippen LogP contribution is -2.57. The van der Waals surface area contributed by atoms with E-state index in [2.05, 4.69) is 10.3 Å². The predicted molar refractivity (Wildman–Crippen MR) is 113 cm³/mol. The summed E-state index contributed by atoms with van der Waals surface area (Å²) in [5, 5.41) is 14.2.